The third-order valence-corrected chi connectivity index (χ3v) is 5.84. The molecule has 0 aliphatic carbocycles. The first-order chi connectivity index (χ1) is 12.2. The van der Waals surface area contributed by atoms with E-state index < -0.39 is 0 Å². The highest BCUT2D eigenvalue weighted by atomic mass is 35.5. The van der Waals surface area contributed by atoms with E-state index in [0.29, 0.717) is 10.6 Å². The zero-order chi connectivity index (χ0) is 17.2. The molecule has 2 aromatic rings. The van der Waals surface area contributed by atoms with Crippen LogP contribution in [0.2, 0.25) is 5.02 Å². The van der Waals surface area contributed by atoms with Crippen molar-refractivity contribution in [3.05, 3.63) is 33.8 Å². The van der Waals surface area contributed by atoms with Gasteiger partial charge in [0.25, 0.3) is 0 Å². The summed E-state index contributed by atoms with van der Waals surface area (Å²) >= 11 is 6.13. The van der Waals surface area contributed by atoms with Gasteiger partial charge in [0, 0.05) is 24.7 Å². The quantitative estimate of drug-likeness (QED) is 0.835. The lowest BCUT2D eigenvalue weighted by Crippen LogP contribution is -2.43. The molecule has 0 unspecified atom stereocenters. The van der Waals surface area contributed by atoms with Gasteiger partial charge in [-0.25, -0.2) is 4.79 Å². The Morgan fingerprint density at radius 3 is 2.64 bits per heavy atom. The largest absolute Gasteiger partial charge is 0.420 e. The third kappa shape index (κ3) is 3.78. The topological polar surface area (TPSA) is 41.6 Å². The van der Waals surface area contributed by atoms with Gasteiger partial charge in [-0.05, 0) is 63.5 Å². The molecule has 25 heavy (non-hydrogen) atoms. The highest BCUT2D eigenvalue weighted by Crippen LogP contribution is 2.26. The van der Waals surface area contributed by atoms with Crippen LogP contribution in [-0.4, -0.2) is 53.6 Å². The summed E-state index contributed by atoms with van der Waals surface area (Å²) < 4.78 is 7.23. The van der Waals surface area contributed by atoms with E-state index in [1.165, 1.54) is 32.4 Å². The molecule has 5 nitrogen and oxygen atoms in total. The molecule has 2 aliphatic heterocycles. The Morgan fingerprint density at radius 2 is 1.80 bits per heavy atom. The normalized spacial score (nSPS) is 23.3. The number of nitrogens with zero attached hydrogens (tertiary/aromatic N) is 3. The van der Waals surface area contributed by atoms with Gasteiger partial charge in [0.05, 0.1) is 11.6 Å². The Balaban J connectivity index is 1.47. The molecule has 0 radical (unpaired) electrons. The SMILES string of the molecule is O=c1oc2ccc(Cl)cc2n1[C@H]1CCCN(CCN2CCCCC2)C1. The smallest absolute Gasteiger partial charge is 0.408 e. The first kappa shape index (κ1) is 17.1. The predicted octanol–water partition coefficient (Wildman–Crippen LogP) is 3.37. The van der Waals surface area contributed by atoms with Gasteiger partial charge in [0.2, 0.25) is 0 Å². The minimum absolute atomic E-state index is 0.169. The lowest BCUT2D eigenvalue weighted by molar-refractivity contribution is 0.140. The number of hydrogen-bond acceptors (Lipinski definition) is 4. The monoisotopic (exact) mass is 363 g/mol. The Hall–Kier alpha value is -1.30. The molecule has 2 saturated heterocycles. The van der Waals surface area contributed by atoms with Crippen molar-refractivity contribution in [1.82, 2.24) is 14.4 Å². The number of halogens is 1. The number of likely N-dealkylation sites (tertiary alicyclic amines) is 2. The molecule has 0 amide bonds. The summed E-state index contributed by atoms with van der Waals surface area (Å²) in [5, 5.41) is 0.639. The van der Waals surface area contributed by atoms with Crippen LogP contribution in [0.15, 0.2) is 27.4 Å². The third-order valence-electron chi connectivity index (χ3n) is 5.60. The Morgan fingerprint density at radius 1 is 1.04 bits per heavy atom. The maximum Gasteiger partial charge on any atom is 0.420 e. The number of fused-ring (bicyclic) bond motifs is 1. The fraction of sp³-hybridized carbons (Fsp3) is 0.632. The number of benzene rings is 1. The molecule has 0 bridgehead atoms. The van der Waals surface area contributed by atoms with E-state index in [1.54, 1.807) is 12.1 Å². The van der Waals surface area contributed by atoms with Crippen molar-refractivity contribution in [2.24, 2.45) is 0 Å². The number of oxazole rings is 1. The Bertz CT molecular complexity index is 779. The standard InChI is InChI=1S/C19H26ClN3O2/c20-15-6-7-18-17(13-15)23(19(24)25-18)16-5-4-10-22(14-16)12-11-21-8-2-1-3-9-21/h6-7,13,16H,1-5,8-12,14H2/t16-/m0/s1. The van der Waals surface area contributed by atoms with E-state index in [2.05, 4.69) is 9.80 Å². The molecule has 3 heterocycles. The molecular formula is C19H26ClN3O2. The summed E-state index contributed by atoms with van der Waals surface area (Å²) in [6.07, 6.45) is 6.17. The van der Waals surface area contributed by atoms with E-state index in [9.17, 15) is 4.79 Å². The van der Waals surface area contributed by atoms with Gasteiger partial charge >= 0.3 is 5.76 Å². The molecule has 2 aliphatic rings. The molecule has 1 atom stereocenters. The highest BCUT2D eigenvalue weighted by molar-refractivity contribution is 6.31. The summed E-state index contributed by atoms with van der Waals surface area (Å²) in [6, 6.07) is 5.56. The van der Waals surface area contributed by atoms with E-state index in [-0.39, 0.29) is 11.8 Å². The van der Waals surface area contributed by atoms with Crippen LogP contribution in [0.3, 0.4) is 0 Å². The van der Waals surface area contributed by atoms with E-state index in [4.69, 9.17) is 16.0 Å². The molecule has 4 rings (SSSR count). The lowest BCUT2D eigenvalue weighted by Gasteiger charge is -2.35. The van der Waals surface area contributed by atoms with Gasteiger partial charge in [-0.1, -0.05) is 18.0 Å². The Kier molecular flexibility index (Phi) is 5.15. The van der Waals surface area contributed by atoms with Crippen LogP contribution in [0.5, 0.6) is 0 Å². The fourth-order valence-corrected chi connectivity index (χ4v) is 4.43. The van der Waals surface area contributed by atoms with Crippen LogP contribution in [0, 0.1) is 0 Å². The van der Waals surface area contributed by atoms with Crippen molar-refractivity contribution in [3.8, 4) is 0 Å². The lowest BCUT2D eigenvalue weighted by atomic mass is 10.0. The molecule has 0 spiro atoms. The predicted molar refractivity (Wildman–Crippen MR) is 100 cm³/mol. The van der Waals surface area contributed by atoms with Gasteiger partial charge in [0.15, 0.2) is 5.58 Å². The van der Waals surface area contributed by atoms with E-state index in [0.717, 1.165) is 44.5 Å². The molecule has 0 saturated carbocycles. The summed E-state index contributed by atoms with van der Waals surface area (Å²) in [6.45, 7) is 6.73. The number of rotatable bonds is 4. The molecule has 1 aromatic heterocycles. The number of aromatic nitrogens is 1. The van der Waals surface area contributed by atoms with Gasteiger partial charge in [-0.3, -0.25) is 4.57 Å². The minimum Gasteiger partial charge on any atom is -0.408 e. The summed E-state index contributed by atoms with van der Waals surface area (Å²) in [7, 11) is 0. The maximum absolute atomic E-state index is 12.4. The van der Waals surface area contributed by atoms with Crippen LogP contribution < -0.4 is 5.76 Å². The van der Waals surface area contributed by atoms with Crippen molar-refractivity contribution >= 4 is 22.7 Å². The minimum atomic E-state index is -0.264. The second-order valence-electron chi connectivity index (χ2n) is 7.35. The number of piperidine rings is 2. The van der Waals surface area contributed by atoms with Gasteiger partial charge in [0.1, 0.15) is 0 Å². The second-order valence-corrected chi connectivity index (χ2v) is 7.79. The van der Waals surface area contributed by atoms with Crippen molar-refractivity contribution in [1.29, 1.82) is 0 Å². The zero-order valence-corrected chi connectivity index (χ0v) is 15.4. The van der Waals surface area contributed by atoms with Gasteiger partial charge < -0.3 is 14.2 Å². The van der Waals surface area contributed by atoms with E-state index >= 15 is 0 Å². The average Bonchev–Trinajstić information content (AvgIpc) is 2.96. The van der Waals surface area contributed by atoms with Crippen LogP contribution in [0.4, 0.5) is 0 Å². The highest BCUT2D eigenvalue weighted by Gasteiger charge is 2.25. The van der Waals surface area contributed by atoms with Crippen molar-refractivity contribution in [2.75, 3.05) is 39.3 Å². The van der Waals surface area contributed by atoms with Crippen LogP contribution >= 0.6 is 11.6 Å². The summed E-state index contributed by atoms with van der Waals surface area (Å²) in [5.41, 5.74) is 1.44. The number of hydrogen-bond donors (Lipinski definition) is 0. The maximum atomic E-state index is 12.4. The molecule has 6 heteroatoms. The zero-order valence-electron chi connectivity index (χ0n) is 14.6. The molecule has 0 N–H and O–H groups in total. The summed E-state index contributed by atoms with van der Waals surface area (Å²) in [5.74, 6) is -0.264. The van der Waals surface area contributed by atoms with Crippen LogP contribution in [0.25, 0.3) is 11.1 Å². The van der Waals surface area contributed by atoms with Crippen molar-refractivity contribution < 1.29 is 4.42 Å². The van der Waals surface area contributed by atoms with Gasteiger partial charge in [-0.2, -0.15) is 0 Å². The molecule has 2 fully saturated rings. The summed E-state index contributed by atoms with van der Waals surface area (Å²) in [4.78, 5) is 17.5. The van der Waals surface area contributed by atoms with Crippen LogP contribution in [-0.2, 0) is 0 Å². The Labute approximate surface area is 153 Å². The molecular weight excluding hydrogens is 338 g/mol. The molecule has 136 valence electrons. The first-order valence-electron chi connectivity index (χ1n) is 9.46. The average molecular weight is 364 g/mol. The first-order valence-corrected chi connectivity index (χ1v) is 9.84. The van der Waals surface area contributed by atoms with Gasteiger partial charge in [-0.15, -0.1) is 0 Å². The fourth-order valence-electron chi connectivity index (χ4n) is 4.26. The molecule has 1 aromatic carbocycles. The van der Waals surface area contributed by atoms with Crippen LogP contribution in [0.1, 0.15) is 38.1 Å². The van der Waals surface area contributed by atoms with Crippen molar-refractivity contribution in [2.45, 2.75) is 38.1 Å². The van der Waals surface area contributed by atoms with E-state index in [1.807, 2.05) is 10.6 Å². The second kappa shape index (κ2) is 7.52. The van der Waals surface area contributed by atoms with Crippen molar-refractivity contribution in [3.63, 3.8) is 0 Å².